The molecule has 0 saturated carbocycles. The number of hydrogen-bond acceptors (Lipinski definition) is 4. The topological polar surface area (TPSA) is 87.0 Å². The molecule has 90 valence electrons. The fraction of sp³-hybridized carbons (Fsp3) is 0.700. The maximum atomic E-state index is 11.0. The molecule has 0 aliphatic heterocycles. The molecule has 1 aromatic rings. The third kappa shape index (κ3) is 2.57. The summed E-state index contributed by atoms with van der Waals surface area (Å²) >= 11 is 0. The summed E-state index contributed by atoms with van der Waals surface area (Å²) in [5.41, 5.74) is 7.00. The summed E-state index contributed by atoms with van der Waals surface area (Å²) in [5.74, 6) is 0. The summed E-state index contributed by atoms with van der Waals surface area (Å²) in [4.78, 5) is 10.7. The van der Waals surface area contributed by atoms with Gasteiger partial charge in [0, 0.05) is 19.5 Å². The average molecular weight is 226 g/mol. The smallest absolute Gasteiger partial charge is 0.313 e. The van der Waals surface area contributed by atoms with Gasteiger partial charge < -0.3 is 5.73 Å². The van der Waals surface area contributed by atoms with Crippen LogP contribution in [0.25, 0.3) is 0 Å². The van der Waals surface area contributed by atoms with E-state index in [9.17, 15) is 10.1 Å². The van der Waals surface area contributed by atoms with E-state index in [1.54, 1.807) is 11.7 Å². The normalized spacial score (nSPS) is 12.8. The Labute approximate surface area is 94.6 Å². The van der Waals surface area contributed by atoms with Crippen molar-refractivity contribution in [2.75, 3.05) is 0 Å². The highest BCUT2D eigenvalue weighted by Crippen LogP contribution is 2.25. The lowest BCUT2D eigenvalue weighted by Gasteiger charge is -2.04. The van der Waals surface area contributed by atoms with E-state index in [0.717, 1.165) is 6.42 Å². The second-order valence-electron chi connectivity index (χ2n) is 4.05. The SMILES string of the molecule is CCCc1nn(C)c(CC(C)N)c1[N+](=O)[O-]. The number of hydrogen-bond donors (Lipinski definition) is 1. The second-order valence-corrected chi connectivity index (χ2v) is 4.05. The highest BCUT2D eigenvalue weighted by Gasteiger charge is 2.25. The number of nitrogens with two attached hydrogens (primary N) is 1. The van der Waals surface area contributed by atoms with E-state index in [1.165, 1.54) is 0 Å². The van der Waals surface area contributed by atoms with Gasteiger partial charge in [-0.15, -0.1) is 0 Å². The Kier molecular flexibility index (Phi) is 4.00. The first-order chi connectivity index (χ1) is 7.47. The molecule has 0 aliphatic carbocycles. The van der Waals surface area contributed by atoms with Gasteiger partial charge in [-0.3, -0.25) is 14.8 Å². The van der Waals surface area contributed by atoms with E-state index in [1.807, 2.05) is 13.8 Å². The van der Waals surface area contributed by atoms with Crippen LogP contribution in [0.3, 0.4) is 0 Å². The molecule has 0 aromatic carbocycles. The van der Waals surface area contributed by atoms with Crippen molar-refractivity contribution in [1.82, 2.24) is 9.78 Å². The summed E-state index contributed by atoms with van der Waals surface area (Å²) in [6.45, 7) is 3.81. The van der Waals surface area contributed by atoms with Crippen LogP contribution in [0.2, 0.25) is 0 Å². The Bertz CT molecular complexity index is 384. The molecule has 16 heavy (non-hydrogen) atoms. The highest BCUT2D eigenvalue weighted by atomic mass is 16.6. The molecule has 1 atom stereocenters. The molecule has 0 amide bonds. The molecule has 0 saturated heterocycles. The molecule has 1 rings (SSSR count). The zero-order chi connectivity index (χ0) is 12.3. The van der Waals surface area contributed by atoms with Crippen molar-refractivity contribution in [3.05, 3.63) is 21.5 Å². The third-order valence-electron chi connectivity index (χ3n) is 2.39. The molecule has 0 spiro atoms. The van der Waals surface area contributed by atoms with E-state index < -0.39 is 0 Å². The first-order valence-electron chi connectivity index (χ1n) is 5.42. The number of aromatic nitrogens is 2. The van der Waals surface area contributed by atoms with Crippen molar-refractivity contribution in [3.8, 4) is 0 Å². The van der Waals surface area contributed by atoms with E-state index in [0.29, 0.717) is 24.2 Å². The summed E-state index contributed by atoms with van der Waals surface area (Å²) in [6, 6.07) is -0.108. The maximum Gasteiger partial charge on any atom is 0.313 e. The lowest BCUT2D eigenvalue weighted by molar-refractivity contribution is -0.386. The maximum absolute atomic E-state index is 11.0. The van der Waals surface area contributed by atoms with Gasteiger partial charge in [0.05, 0.1) is 4.92 Å². The van der Waals surface area contributed by atoms with Crippen LogP contribution in [0.5, 0.6) is 0 Å². The van der Waals surface area contributed by atoms with Crippen molar-refractivity contribution in [2.45, 2.75) is 39.2 Å². The van der Waals surface area contributed by atoms with Gasteiger partial charge in [-0.05, 0) is 13.3 Å². The molecule has 0 aliphatic rings. The van der Waals surface area contributed by atoms with Crippen molar-refractivity contribution in [2.24, 2.45) is 12.8 Å². The van der Waals surface area contributed by atoms with Crippen LogP contribution in [0.4, 0.5) is 5.69 Å². The van der Waals surface area contributed by atoms with Crippen LogP contribution >= 0.6 is 0 Å². The van der Waals surface area contributed by atoms with Gasteiger partial charge in [0.15, 0.2) is 0 Å². The summed E-state index contributed by atoms with van der Waals surface area (Å²) < 4.78 is 1.58. The Morgan fingerprint density at radius 1 is 1.62 bits per heavy atom. The van der Waals surface area contributed by atoms with Crippen LogP contribution in [-0.2, 0) is 19.9 Å². The lowest BCUT2D eigenvalue weighted by atomic mass is 10.1. The standard InChI is InChI=1S/C10H18N4O2/c1-4-5-8-10(14(15)16)9(6-7(2)11)13(3)12-8/h7H,4-6,11H2,1-3H3. The third-order valence-corrected chi connectivity index (χ3v) is 2.39. The van der Waals surface area contributed by atoms with E-state index in [4.69, 9.17) is 5.73 Å². The minimum absolute atomic E-state index is 0.108. The first kappa shape index (κ1) is 12.6. The van der Waals surface area contributed by atoms with Crippen LogP contribution < -0.4 is 5.73 Å². The van der Waals surface area contributed by atoms with Crippen LogP contribution in [0.15, 0.2) is 0 Å². The van der Waals surface area contributed by atoms with E-state index in [-0.39, 0.29) is 16.7 Å². The Morgan fingerprint density at radius 3 is 2.69 bits per heavy atom. The van der Waals surface area contributed by atoms with E-state index in [2.05, 4.69) is 5.10 Å². The van der Waals surface area contributed by atoms with Gasteiger partial charge in [-0.25, -0.2) is 0 Å². The van der Waals surface area contributed by atoms with Gasteiger partial charge in [0.2, 0.25) is 0 Å². The Balaban J connectivity index is 3.18. The molecule has 6 heteroatoms. The number of aryl methyl sites for hydroxylation is 2. The molecule has 1 unspecified atom stereocenters. The van der Waals surface area contributed by atoms with Gasteiger partial charge in [0.25, 0.3) is 0 Å². The number of rotatable bonds is 5. The average Bonchev–Trinajstić information content (AvgIpc) is 2.43. The predicted molar refractivity (Wildman–Crippen MR) is 61.2 cm³/mol. The van der Waals surface area contributed by atoms with Gasteiger partial charge in [0.1, 0.15) is 11.4 Å². The summed E-state index contributed by atoms with van der Waals surface area (Å²) in [7, 11) is 1.73. The number of nitrogens with zero attached hydrogens (tertiary/aromatic N) is 3. The first-order valence-corrected chi connectivity index (χ1v) is 5.42. The summed E-state index contributed by atoms with van der Waals surface area (Å²) in [5, 5.41) is 15.2. The molecule has 0 fully saturated rings. The molecular formula is C10H18N4O2. The second kappa shape index (κ2) is 5.07. The minimum Gasteiger partial charge on any atom is -0.328 e. The minimum atomic E-state index is -0.351. The molecule has 0 radical (unpaired) electrons. The summed E-state index contributed by atoms with van der Waals surface area (Å²) in [6.07, 6.45) is 1.95. The Morgan fingerprint density at radius 2 is 2.25 bits per heavy atom. The Hall–Kier alpha value is -1.43. The fourth-order valence-corrected chi connectivity index (χ4v) is 1.76. The molecule has 0 bridgehead atoms. The monoisotopic (exact) mass is 226 g/mol. The van der Waals surface area contributed by atoms with E-state index >= 15 is 0 Å². The molecule has 1 heterocycles. The van der Waals surface area contributed by atoms with Crippen molar-refractivity contribution < 1.29 is 4.92 Å². The molecule has 1 aromatic heterocycles. The van der Waals surface area contributed by atoms with Crippen LogP contribution in [0.1, 0.15) is 31.7 Å². The lowest BCUT2D eigenvalue weighted by Crippen LogP contribution is -2.20. The quantitative estimate of drug-likeness (QED) is 0.603. The molecule has 6 nitrogen and oxygen atoms in total. The zero-order valence-corrected chi connectivity index (χ0v) is 9.93. The van der Waals surface area contributed by atoms with Crippen LogP contribution in [-0.4, -0.2) is 20.7 Å². The van der Waals surface area contributed by atoms with Gasteiger partial charge in [-0.1, -0.05) is 13.3 Å². The number of nitro groups is 1. The largest absolute Gasteiger partial charge is 0.328 e. The van der Waals surface area contributed by atoms with Crippen molar-refractivity contribution >= 4 is 5.69 Å². The van der Waals surface area contributed by atoms with Crippen molar-refractivity contribution in [1.29, 1.82) is 0 Å². The zero-order valence-electron chi connectivity index (χ0n) is 9.93. The molecular weight excluding hydrogens is 208 g/mol. The highest BCUT2D eigenvalue weighted by molar-refractivity contribution is 5.41. The van der Waals surface area contributed by atoms with Crippen molar-refractivity contribution in [3.63, 3.8) is 0 Å². The van der Waals surface area contributed by atoms with Crippen LogP contribution in [0, 0.1) is 10.1 Å². The predicted octanol–water partition coefficient (Wildman–Crippen LogP) is 1.17. The van der Waals surface area contributed by atoms with Gasteiger partial charge in [-0.2, -0.15) is 5.10 Å². The molecule has 2 N–H and O–H groups in total. The van der Waals surface area contributed by atoms with Gasteiger partial charge >= 0.3 is 5.69 Å². The fourth-order valence-electron chi connectivity index (χ4n) is 1.76.